The Balaban J connectivity index is 1.68. The summed E-state index contributed by atoms with van der Waals surface area (Å²) in [6.45, 7) is 0.241. The van der Waals surface area contributed by atoms with E-state index < -0.39 is 5.91 Å². The third-order valence-corrected chi connectivity index (χ3v) is 5.04. The number of nitrogens with zero attached hydrogens (tertiary/aromatic N) is 2. The molecule has 0 aliphatic heterocycles. The molecule has 9 heteroatoms. The van der Waals surface area contributed by atoms with Gasteiger partial charge in [0.25, 0.3) is 5.91 Å². The molecule has 0 aliphatic rings. The van der Waals surface area contributed by atoms with Gasteiger partial charge in [0.15, 0.2) is 16.5 Å². The van der Waals surface area contributed by atoms with Crippen LogP contribution in [0.1, 0.15) is 25.9 Å². The molecular formula is C19H15ClFN3O3S. The highest BCUT2D eigenvalue weighted by Crippen LogP contribution is 2.30. The van der Waals surface area contributed by atoms with Crippen LogP contribution in [0.4, 0.5) is 4.39 Å². The smallest absolute Gasteiger partial charge is 0.282 e. The fourth-order valence-corrected chi connectivity index (χ4v) is 3.21. The SMILES string of the molecule is COc1cc(/C=C(\Cl)c2nnc(C(=O)NCc3ccc(F)cc3)s2)ccc1O. The van der Waals surface area contributed by atoms with Crippen molar-refractivity contribution in [2.24, 2.45) is 0 Å². The lowest BCUT2D eigenvalue weighted by Gasteiger charge is -2.04. The average Bonchev–Trinajstić information content (AvgIpc) is 3.19. The summed E-state index contributed by atoms with van der Waals surface area (Å²) in [6, 6.07) is 10.6. The van der Waals surface area contributed by atoms with Crippen molar-refractivity contribution in [2.75, 3.05) is 7.11 Å². The van der Waals surface area contributed by atoms with E-state index in [4.69, 9.17) is 16.3 Å². The zero-order chi connectivity index (χ0) is 20.1. The first-order valence-electron chi connectivity index (χ1n) is 8.07. The number of carbonyl (C=O) groups excluding carboxylic acids is 1. The number of rotatable bonds is 6. The predicted molar refractivity (Wildman–Crippen MR) is 106 cm³/mol. The first-order chi connectivity index (χ1) is 13.5. The fourth-order valence-electron chi connectivity index (χ4n) is 2.26. The minimum Gasteiger partial charge on any atom is -0.504 e. The number of aromatic hydroxyl groups is 1. The highest BCUT2D eigenvalue weighted by atomic mass is 35.5. The number of hydrogen-bond acceptors (Lipinski definition) is 6. The average molecular weight is 420 g/mol. The maximum Gasteiger partial charge on any atom is 0.282 e. The Morgan fingerprint density at radius 3 is 2.68 bits per heavy atom. The number of aromatic nitrogens is 2. The van der Waals surface area contributed by atoms with Gasteiger partial charge >= 0.3 is 0 Å². The van der Waals surface area contributed by atoms with Gasteiger partial charge in [-0.3, -0.25) is 4.79 Å². The Hall–Kier alpha value is -2.97. The molecule has 0 aliphatic carbocycles. The standard InChI is InChI=1S/C19H15ClFN3O3S/c1-27-16-9-12(4-7-15(16)25)8-14(20)18-23-24-19(28-18)17(26)22-10-11-2-5-13(21)6-3-11/h2-9,25H,10H2,1H3,(H,22,26)/b14-8-. The minimum atomic E-state index is -0.399. The molecule has 3 rings (SSSR count). The zero-order valence-electron chi connectivity index (χ0n) is 14.6. The molecule has 2 N–H and O–H groups in total. The second-order valence-electron chi connectivity index (χ2n) is 5.65. The van der Waals surface area contributed by atoms with Crippen LogP contribution < -0.4 is 10.1 Å². The van der Waals surface area contributed by atoms with Crippen LogP contribution in [-0.4, -0.2) is 28.3 Å². The maximum atomic E-state index is 12.9. The van der Waals surface area contributed by atoms with Gasteiger partial charge in [-0.2, -0.15) is 0 Å². The number of benzene rings is 2. The molecule has 6 nitrogen and oxygen atoms in total. The summed E-state index contributed by atoms with van der Waals surface area (Å²) in [7, 11) is 1.45. The van der Waals surface area contributed by atoms with Crippen LogP contribution in [0.2, 0.25) is 0 Å². The summed E-state index contributed by atoms with van der Waals surface area (Å²) in [5, 5.41) is 21.0. The van der Waals surface area contributed by atoms with Gasteiger partial charge in [-0.05, 0) is 41.5 Å². The lowest BCUT2D eigenvalue weighted by molar-refractivity contribution is 0.0950. The van der Waals surface area contributed by atoms with E-state index in [1.807, 2.05) is 0 Å². The molecule has 1 amide bonds. The first-order valence-corrected chi connectivity index (χ1v) is 9.26. The number of ether oxygens (including phenoxy) is 1. The molecule has 28 heavy (non-hydrogen) atoms. The van der Waals surface area contributed by atoms with Gasteiger partial charge in [-0.1, -0.05) is 41.1 Å². The molecule has 0 saturated heterocycles. The van der Waals surface area contributed by atoms with Crippen molar-refractivity contribution in [3.05, 3.63) is 69.4 Å². The van der Waals surface area contributed by atoms with Crippen molar-refractivity contribution in [3.8, 4) is 11.5 Å². The Morgan fingerprint density at radius 2 is 1.96 bits per heavy atom. The van der Waals surface area contributed by atoms with Crippen molar-refractivity contribution in [1.82, 2.24) is 15.5 Å². The van der Waals surface area contributed by atoms with Crippen LogP contribution >= 0.6 is 22.9 Å². The monoisotopic (exact) mass is 419 g/mol. The fraction of sp³-hybridized carbons (Fsp3) is 0.105. The predicted octanol–water partition coefficient (Wildman–Crippen LogP) is 4.06. The summed E-state index contributed by atoms with van der Waals surface area (Å²) < 4.78 is 18.0. The minimum absolute atomic E-state index is 0.0202. The number of nitrogens with one attached hydrogen (secondary N) is 1. The van der Waals surface area contributed by atoms with Crippen molar-refractivity contribution in [3.63, 3.8) is 0 Å². The lowest BCUT2D eigenvalue weighted by Crippen LogP contribution is -2.22. The van der Waals surface area contributed by atoms with Gasteiger partial charge in [0.05, 0.1) is 12.1 Å². The quantitative estimate of drug-likeness (QED) is 0.629. The van der Waals surface area contributed by atoms with Crippen molar-refractivity contribution < 1.29 is 19.0 Å². The largest absolute Gasteiger partial charge is 0.504 e. The molecule has 0 fully saturated rings. The van der Waals surface area contributed by atoms with Crippen molar-refractivity contribution in [2.45, 2.75) is 6.54 Å². The number of hydrogen-bond donors (Lipinski definition) is 2. The van der Waals surface area contributed by atoms with Crippen LogP contribution in [0.25, 0.3) is 11.1 Å². The number of halogens is 2. The molecule has 0 saturated carbocycles. The Bertz CT molecular complexity index is 1020. The van der Waals surface area contributed by atoms with E-state index in [-0.39, 0.29) is 23.1 Å². The second-order valence-corrected chi connectivity index (χ2v) is 7.03. The van der Waals surface area contributed by atoms with Crippen molar-refractivity contribution in [1.29, 1.82) is 0 Å². The maximum absolute atomic E-state index is 12.9. The van der Waals surface area contributed by atoms with E-state index in [0.717, 1.165) is 16.9 Å². The third-order valence-electron chi connectivity index (χ3n) is 3.69. The van der Waals surface area contributed by atoms with E-state index in [1.165, 1.54) is 25.3 Å². The number of amides is 1. The third kappa shape index (κ3) is 4.85. The summed E-state index contributed by atoms with van der Waals surface area (Å²) >= 11 is 7.32. The highest BCUT2D eigenvalue weighted by Gasteiger charge is 2.14. The highest BCUT2D eigenvalue weighted by molar-refractivity contribution is 7.15. The number of carbonyl (C=O) groups is 1. The van der Waals surface area contributed by atoms with Gasteiger partial charge in [-0.25, -0.2) is 4.39 Å². The molecule has 0 spiro atoms. The molecular weight excluding hydrogens is 405 g/mol. The summed E-state index contributed by atoms with van der Waals surface area (Å²) in [5.41, 5.74) is 1.45. The van der Waals surface area contributed by atoms with Crippen molar-refractivity contribution >= 4 is 40.0 Å². The van der Waals surface area contributed by atoms with Crippen LogP contribution in [0, 0.1) is 5.82 Å². The Kier molecular flexibility index (Phi) is 6.23. The molecule has 0 bridgehead atoms. The topological polar surface area (TPSA) is 84.3 Å². The molecule has 2 aromatic carbocycles. The number of phenols is 1. The first kappa shape index (κ1) is 19.8. The summed E-state index contributed by atoms with van der Waals surface area (Å²) in [5.74, 6) is -0.400. The summed E-state index contributed by atoms with van der Waals surface area (Å²) in [4.78, 5) is 12.2. The van der Waals surface area contributed by atoms with Gasteiger partial charge in [0, 0.05) is 6.54 Å². The van der Waals surface area contributed by atoms with Crippen LogP contribution in [0.5, 0.6) is 11.5 Å². The molecule has 0 radical (unpaired) electrons. The van der Waals surface area contributed by atoms with Gasteiger partial charge in [0.2, 0.25) is 5.01 Å². The Morgan fingerprint density at radius 1 is 1.25 bits per heavy atom. The van der Waals surface area contributed by atoms with E-state index in [2.05, 4.69) is 15.5 Å². The number of methoxy groups -OCH3 is 1. The van der Waals surface area contributed by atoms with E-state index in [1.54, 1.807) is 30.3 Å². The lowest BCUT2D eigenvalue weighted by atomic mass is 10.2. The number of phenolic OH excluding ortho intramolecular Hbond substituents is 1. The van der Waals surface area contributed by atoms with Crippen LogP contribution in [-0.2, 0) is 6.54 Å². The van der Waals surface area contributed by atoms with Gasteiger partial charge < -0.3 is 15.2 Å². The van der Waals surface area contributed by atoms with E-state index >= 15 is 0 Å². The van der Waals surface area contributed by atoms with Gasteiger partial charge in [-0.15, -0.1) is 10.2 Å². The molecule has 1 heterocycles. The second kappa shape index (κ2) is 8.81. The Labute approximate surface area is 169 Å². The van der Waals surface area contributed by atoms with E-state index in [9.17, 15) is 14.3 Å². The van der Waals surface area contributed by atoms with Gasteiger partial charge in [0.1, 0.15) is 5.82 Å². The molecule has 144 valence electrons. The van der Waals surface area contributed by atoms with Crippen LogP contribution in [0.15, 0.2) is 42.5 Å². The summed E-state index contributed by atoms with van der Waals surface area (Å²) in [6.07, 6.45) is 1.63. The van der Waals surface area contributed by atoms with E-state index in [0.29, 0.717) is 21.4 Å². The zero-order valence-corrected chi connectivity index (χ0v) is 16.2. The van der Waals surface area contributed by atoms with Crippen LogP contribution in [0.3, 0.4) is 0 Å². The molecule has 3 aromatic rings. The normalized spacial score (nSPS) is 11.3. The molecule has 0 atom stereocenters. The molecule has 0 unspecified atom stereocenters. The molecule has 1 aromatic heterocycles.